The van der Waals surface area contributed by atoms with Crippen molar-refractivity contribution in [3.8, 4) is 5.75 Å². The molecule has 0 saturated carbocycles. The number of carbonyl (C=O) groups is 2. The molecule has 0 aromatic heterocycles. The molecular formula is C28H26N4O5S2. The van der Waals surface area contributed by atoms with E-state index in [2.05, 4.69) is 29.4 Å². The summed E-state index contributed by atoms with van der Waals surface area (Å²) in [5.74, 6) is -0.00329. The number of anilines is 1. The van der Waals surface area contributed by atoms with Gasteiger partial charge in [0.05, 0.1) is 16.3 Å². The smallest absolute Gasteiger partial charge is 0.326 e. The van der Waals surface area contributed by atoms with Crippen LogP contribution >= 0.6 is 11.8 Å². The fourth-order valence-electron chi connectivity index (χ4n) is 4.04. The standard InChI is InChI=1S/C28H26N4O5S2/c1-2-3-19-8-14-24(15-9-19)37-18-21-6-4-20(5-7-21)16-25-27(34)30-28(38-25)29-22-10-12-23(13-11-22)32-17-26(33)31-39(32,35)36/h4-16H,2-3,17-18H2,1H3,(H,31,33)(H,29,30,34). The Balaban J connectivity index is 1.19. The topological polar surface area (TPSA) is 117 Å². The maximum absolute atomic E-state index is 12.5. The summed E-state index contributed by atoms with van der Waals surface area (Å²) >= 11 is 1.22. The highest BCUT2D eigenvalue weighted by Crippen LogP contribution is 2.29. The summed E-state index contributed by atoms with van der Waals surface area (Å²) in [6, 6.07) is 22.3. The number of amides is 2. The number of rotatable bonds is 8. The molecule has 3 aromatic carbocycles. The summed E-state index contributed by atoms with van der Waals surface area (Å²) in [5, 5.41) is 3.16. The van der Waals surface area contributed by atoms with E-state index in [-0.39, 0.29) is 12.5 Å². The third-order valence-corrected chi connectivity index (χ3v) is 8.30. The maximum Gasteiger partial charge on any atom is 0.326 e. The summed E-state index contributed by atoms with van der Waals surface area (Å²) < 4.78 is 32.8. The molecule has 2 amide bonds. The van der Waals surface area contributed by atoms with Crippen molar-refractivity contribution in [1.29, 1.82) is 0 Å². The van der Waals surface area contributed by atoms with Gasteiger partial charge in [0.2, 0.25) is 0 Å². The Bertz CT molecular complexity index is 1550. The molecule has 39 heavy (non-hydrogen) atoms. The SMILES string of the molecule is CCCc1ccc(OCc2ccc(C=C3SC(=Nc4ccc(N5CC(=O)NS5(=O)=O)cc4)NC3=O)cc2)cc1. The van der Waals surface area contributed by atoms with Crippen LogP contribution in [0.25, 0.3) is 6.08 Å². The number of hydrogen-bond acceptors (Lipinski definition) is 7. The summed E-state index contributed by atoms with van der Waals surface area (Å²) in [4.78, 5) is 28.9. The first-order valence-electron chi connectivity index (χ1n) is 12.3. The van der Waals surface area contributed by atoms with Crippen LogP contribution in [0.15, 0.2) is 82.7 Å². The molecular weight excluding hydrogens is 536 g/mol. The van der Waals surface area contributed by atoms with Gasteiger partial charge >= 0.3 is 10.2 Å². The Labute approximate surface area is 231 Å². The second-order valence-electron chi connectivity index (χ2n) is 8.96. The molecule has 11 heteroatoms. The van der Waals surface area contributed by atoms with Crippen LogP contribution in [0.1, 0.15) is 30.0 Å². The number of ether oxygens (including phenoxy) is 1. The van der Waals surface area contributed by atoms with Gasteiger partial charge in [-0.05, 0) is 77.3 Å². The lowest BCUT2D eigenvalue weighted by Gasteiger charge is -2.14. The van der Waals surface area contributed by atoms with Gasteiger partial charge in [0.15, 0.2) is 5.17 Å². The van der Waals surface area contributed by atoms with Gasteiger partial charge in [-0.25, -0.2) is 14.0 Å². The average molecular weight is 563 g/mol. The highest BCUT2D eigenvalue weighted by molar-refractivity contribution is 8.18. The van der Waals surface area contributed by atoms with Crippen molar-refractivity contribution in [2.45, 2.75) is 26.4 Å². The van der Waals surface area contributed by atoms with Crippen molar-refractivity contribution in [1.82, 2.24) is 10.0 Å². The molecule has 0 aliphatic carbocycles. The number of aliphatic imine (C=N–C) groups is 1. The molecule has 0 bridgehead atoms. The van der Waals surface area contributed by atoms with E-state index >= 15 is 0 Å². The van der Waals surface area contributed by atoms with Gasteiger partial charge in [-0.15, -0.1) is 0 Å². The van der Waals surface area contributed by atoms with Crippen LogP contribution in [-0.2, 0) is 32.8 Å². The van der Waals surface area contributed by atoms with E-state index in [4.69, 9.17) is 4.74 Å². The quantitative estimate of drug-likeness (QED) is 0.396. The Hall–Kier alpha value is -4.09. The minimum Gasteiger partial charge on any atom is -0.489 e. The third-order valence-electron chi connectivity index (χ3n) is 5.98. The summed E-state index contributed by atoms with van der Waals surface area (Å²) in [7, 11) is -3.87. The van der Waals surface area contributed by atoms with Gasteiger partial charge < -0.3 is 10.1 Å². The van der Waals surface area contributed by atoms with Gasteiger partial charge in [0, 0.05) is 0 Å². The number of benzene rings is 3. The van der Waals surface area contributed by atoms with E-state index in [0.29, 0.717) is 28.1 Å². The Morgan fingerprint density at radius 1 is 0.974 bits per heavy atom. The van der Waals surface area contributed by atoms with E-state index in [0.717, 1.165) is 34.0 Å². The molecule has 5 rings (SSSR count). The number of hydrogen-bond donors (Lipinski definition) is 2. The molecule has 2 fully saturated rings. The van der Waals surface area contributed by atoms with Crippen LogP contribution in [0.5, 0.6) is 5.75 Å². The predicted molar refractivity (Wildman–Crippen MR) is 153 cm³/mol. The van der Waals surface area contributed by atoms with E-state index in [1.807, 2.05) is 41.1 Å². The average Bonchev–Trinajstić information content (AvgIpc) is 3.40. The lowest BCUT2D eigenvalue weighted by Crippen LogP contribution is -2.29. The number of amidine groups is 1. The fraction of sp³-hybridized carbons (Fsp3) is 0.179. The van der Waals surface area contributed by atoms with Gasteiger partial charge in [0.25, 0.3) is 11.8 Å². The van der Waals surface area contributed by atoms with E-state index < -0.39 is 16.1 Å². The zero-order valence-electron chi connectivity index (χ0n) is 21.1. The lowest BCUT2D eigenvalue weighted by molar-refractivity contribution is -0.117. The molecule has 2 heterocycles. The van der Waals surface area contributed by atoms with Crippen molar-refractivity contribution >= 4 is 56.4 Å². The van der Waals surface area contributed by atoms with Crippen molar-refractivity contribution < 1.29 is 22.7 Å². The highest BCUT2D eigenvalue weighted by Gasteiger charge is 2.33. The second-order valence-corrected chi connectivity index (χ2v) is 11.6. The van der Waals surface area contributed by atoms with Crippen LogP contribution in [0.2, 0.25) is 0 Å². The Morgan fingerprint density at radius 2 is 1.67 bits per heavy atom. The first kappa shape index (κ1) is 26.5. The number of carbonyl (C=O) groups excluding carboxylic acids is 2. The number of aryl methyl sites for hydroxylation is 1. The molecule has 200 valence electrons. The third kappa shape index (κ3) is 6.50. The molecule has 3 aromatic rings. The molecule has 0 atom stereocenters. The minimum atomic E-state index is -3.87. The lowest BCUT2D eigenvalue weighted by atomic mass is 10.1. The molecule has 2 N–H and O–H groups in total. The van der Waals surface area contributed by atoms with Crippen LogP contribution < -0.4 is 19.1 Å². The van der Waals surface area contributed by atoms with Crippen molar-refractivity contribution in [2.24, 2.45) is 4.99 Å². The predicted octanol–water partition coefficient (Wildman–Crippen LogP) is 4.29. The number of nitrogens with zero attached hydrogens (tertiary/aromatic N) is 2. The zero-order chi connectivity index (χ0) is 27.4. The van der Waals surface area contributed by atoms with Crippen molar-refractivity contribution in [3.05, 3.63) is 94.4 Å². The van der Waals surface area contributed by atoms with Gasteiger partial charge in [-0.3, -0.25) is 9.59 Å². The van der Waals surface area contributed by atoms with E-state index in [1.54, 1.807) is 30.3 Å². The fourth-order valence-corrected chi connectivity index (χ4v) is 6.03. The monoisotopic (exact) mass is 562 g/mol. The van der Waals surface area contributed by atoms with Gasteiger partial charge in [0.1, 0.15) is 18.9 Å². The van der Waals surface area contributed by atoms with Crippen molar-refractivity contribution in [3.63, 3.8) is 0 Å². The molecule has 0 radical (unpaired) electrons. The maximum atomic E-state index is 12.5. The van der Waals surface area contributed by atoms with Crippen LogP contribution in [0, 0.1) is 0 Å². The van der Waals surface area contributed by atoms with Gasteiger partial charge in [-0.2, -0.15) is 8.42 Å². The largest absolute Gasteiger partial charge is 0.489 e. The van der Waals surface area contributed by atoms with Crippen molar-refractivity contribution in [2.75, 3.05) is 10.8 Å². The summed E-state index contributed by atoms with van der Waals surface area (Å²) in [5.41, 5.74) is 4.07. The second kappa shape index (κ2) is 11.3. The Kier molecular flexibility index (Phi) is 7.71. The van der Waals surface area contributed by atoms with Gasteiger partial charge in [-0.1, -0.05) is 49.7 Å². The number of nitrogens with one attached hydrogen (secondary N) is 2. The first-order chi connectivity index (χ1) is 18.8. The normalized spacial score (nSPS) is 18.4. The van der Waals surface area contributed by atoms with Crippen LogP contribution in [-0.4, -0.2) is 31.9 Å². The Morgan fingerprint density at radius 3 is 2.31 bits per heavy atom. The zero-order valence-corrected chi connectivity index (χ0v) is 22.7. The first-order valence-corrected chi connectivity index (χ1v) is 14.6. The summed E-state index contributed by atoms with van der Waals surface area (Å²) in [6.07, 6.45) is 3.97. The minimum absolute atomic E-state index is 0.248. The van der Waals surface area contributed by atoms with E-state index in [9.17, 15) is 18.0 Å². The summed E-state index contributed by atoms with van der Waals surface area (Å²) in [6.45, 7) is 2.34. The molecule has 2 aliphatic heterocycles. The highest BCUT2D eigenvalue weighted by atomic mass is 32.2. The van der Waals surface area contributed by atoms with Crippen LogP contribution in [0.4, 0.5) is 11.4 Å². The number of thioether (sulfide) groups is 1. The molecule has 0 spiro atoms. The molecule has 2 aliphatic rings. The molecule has 2 saturated heterocycles. The van der Waals surface area contributed by atoms with E-state index in [1.165, 1.54) is 17.3 Å². The molecule has 9 nitrogen and oxygen atoms in total. The van der Waals surface area contributed by atoms with Crippen LogP contribution in [0.3, 0.4) is 0 Å². The molecule has 0 unspecified atom stereocenters.